The van der Waals surface area contributed by atoms with Crippen molar-refractivity contribution in [2.75, 3.05) is 12.8 Å². The summed E-state index contributed by atoms with van der Waals surface area (Å²) in [5.41, 5.74) is 7.72. The molecule has 0 bridgehead atoms. The average Bonchev–Trinajstić information content (AvgIpc) is 2.47. The molecule has 104 valence electrons. The molecule has 20 heavy (non-hydrogen) atoms. The smallest absolute Gasteiger partial charge is 0.337 e. The zero-order valence-corrected chi connectivity index (χ0v) is 12.5. The van der Waals surface area contributed by atoms with E-state index in [0.717, 1.165) is 10.0 Å². The number of rotatable bonds is 4. The maximum absolute atomic E-state index is 11.5. The number of nitrogens with two attached hydrogens (primary N) is 1. The third-order valence-corrected chi connectivity index (χ3v) is 3.55. The van der Waals surface area contributed by atoms with Crippen molar-refractivity contribution >= 4 is 27.6 Å². The number of nitrogen functional groups attached to an aromatic ring is 1. The van der Waals surface area contributed by atoms with Gasteiger partial charge in [0.25, 0.3) is 0 Å². The standard InChI is InChI=1S/C15H14BrNO3/c1-19-15(18)10-6-7-13(17)14(8-10)20-9-11-4-2-3-5-12(11)16/h2-8H,9,17H2,1H3. The van der Waals surface area contributed by atoms with Gasteiger partial charge in [-0.2, -0.15) is 0 Å². The minimum Gasteiger partial charge on any atom is -0.487 e. The average molecular weight is 336 g/mol. The van der Waals surface area contributed by atoms with Gasteiger partial charge in [0.15, 0.2) is 0 Å². The summed E-state index contributed by atoms with van der Waals surface area (Å²) in [6.45, 7) is 0.357. The van der Waals surface area contributed by atoms with Gasteiger partial charge in [0, 0.05) is 10.0 Å². The Kier molecular flexibility index (Phi) is 4.63. The van der Waals surface area contributed by atoms with Crippen molar-refractivity contribution in [3.05, 3.63) is 58.1 Å². The molecular weight excluding hydrogens is 322 g/mol. The summed E-state index contributed by atoms with van der Waals surface area (Å²) < 4.78 is 11.3. The van der Waals surface area contributed by atoms with Gasteiger partial charge < -0.3 is 15.2 Å². The molecule has 0 heterocycles. The number of benzene rings is 2. The molecule has 0 unspecified atom stereocenters. The molecule has 0 aliphatic rings. The highest BCUT2D eigenvalue weighted by molar-refractivity contribution is 9.10. The van der Waals surface area contributed by atoms with Crippen molar-refractivity contribution in [2.45, 2.75) is 6.61 Å². The van der Waals surface area contributed by atoms with E-state index in [2.05, 4.69) is 20.7 Å². The molecule has 2 N–H and O–H groups in total. The van der Waals surface area contributed by atoms with Crippen LogP contribution in [0.15, 0.2) is 46.9 Å². The van der Waals surface area contributed by atoms with Gasteiger partial charge in [0.2, 0.25) is 0 Å². The van der Waals surface area contributed by atoms with Gasteiger partial charge in [-0.05, 0) is 24.3 Å². The molecule has 0 atom stereocenters. The predicted octanol–water partition coefficient (Wildman–Crippen LogP) is 3.40. The Morgan fingerprint density at radius 2 is 2.00 bits per heavy atom. The topological polar surface area (TPSA) is 61.5 Å². The molecule has 2 aromatic carbocycles. The first-order chi connectivity index (χ1) is 9.61. The fraction of sp³-hybridized carbons (Fsp3) is 0.133. The molecule has 0 radical (unpaired) electrons. The van der Waals surface area contributed by atoms with Gasteiger partial charge in [-0.15, -0.1) is 0 Å². The van der Waals surface area contributed by atoms with Crippen LogP contribution in [0.4, 0.5) is 5.69 Å². The summed E-state index contributed by atoms with van der Waals surface area (Å²) in [4.78, 5) is 11.5. The third-order valence-electron chi connectivity index (χ3n) is 2.78. The Hall–Kier alpha value is -2.01. The first-order valence-electron chi connectivity index (χ1n) is 5.96. The summed E-state index contributed by atoms with van der Waals surface area (Å²) in [6.07, 6.45) is 0. The van der Waals surface area contributed by atoms with E-state index in [9.17, 15) is 4.79 Å². The molecule has 5 heteroatoms. The van der Waals surface area contributed by atoms with Crippen LogP contribution in [0.5, 0.6) is 5.75 Å². The molecule has 0 fully saturated rings. The van der Waals surface area contributed by atoms with Crippen molar-refractivity contribution in [3.63, 3.8) is 0 Å². The van der Waals surface area contributed by atoms with Gasteiger partial charge in [0.05, 0.1) is 18.4 Å². The molecule has 0 aliphatic carbocycles. The highest BCUT2D eigenvalue weighted by Gasteiger charge is 2.10. The maximum Gasteiger partial charge on any atom is 0.337 e. The molecule has 0 saturated heterocycles. The van der Waals surface area contributed by atoms with E-state index in [4.69, 9.17) is 10.5 Å². The first kappa shape index (κ1) is 14.4. The number of hydrogen-bond donors (Lipinski definition) is 1. The SMILES string of the molecule is COC(=O)c1ccc(N)c(OCc2ccccc2Br)c1. The van der Waals surface area contributed by atoms with E-state index >= 15 is 0 Å². The number of anilines is 1. The summed E-state index contributed by atoms with van der Waals surface area (Å²) >= 11 is 3.45. The molecule has 4 nitrogen and oxygen atoms in total. The first-order valence-corrected chi connectivity index (χ1v) is 6.75. The number of carbonyl (C=O) groups excluding carboxylic acids is 1. The van der Waals surface area contributed by atoms with Crippen molar-refractivity contribution in [1.82, 2.24) is 0 Å². The Labute approximate surface area is 125 Å². The number of hydrogen-bond acceptors (Lipinski definition) is 4. The Morgan fingerprint density at radius 1 is 1.25 bits per heavy atom. The number of halogens is 1. The van der Waals surface area contributed by atoms with E-state index in [0.29, 0.717) is 23.6 Å². The van der Waals surface area contributed by atoms with Crippen LogP contribution >= 0.6 is 15.9 Å². The molecular formula is C15H14BrNO3. The molecule has 2 aromatic rings. The molecule has 0 aromatic heterocycles. The van der Waals surface area contributed by atoms with E-state index in [1.54, 1.807) is 18.2 Å². The Bertz CT molecular complexity index is 628. The molecule has 0 spiro atoms. The number of methoxy groups -OCH3 is 1. The minimum atomic E-state index is -0.421. The van der Waals surface area contributed by atoms with Gasteiger partial charge in [-0.25, -0.2) is 4.79 Å². The lowest BCUT2D eigenvalue weighted by Crippen LogP contribution is -2.04. The van der Waals surface area contributed by atoms with Crippen LogP contribution in [0.2, 0.25) is 0 Å². The monoisotopic (exact) mass is 335 g/mol. The maximum atomic E-state index is 11.5. The van der Waals surface area contributed by atoms with Gasteiger partial charge in [-0.1, -0.05) is 34.1 Å². The van der Waals surface area contributed by atoms with Crippen LogP contribution in [0.1, 0.15) is 15.9 Å². The summed E-state index contributed by atoms with van der Waals surface area (Å²) in [6, 6.07) is 12.6. The van der Waals surface area contributed by atoms with Crippen LogP contribution < -0.4 is 10.5 Å². The lowest BCUT2D eigenvalue weighted by molar-refractivity contribution is 0.0600. The zero-order chi connectivity index (χ0) is 14.5. The fourth-order valence-electron chi connectivity index (χ4n) is 1.68. The molecule has 0 saturated carbocycles. The summed E-state index contributed by atoms with van der Waals surface area (Å²) in [5.74, 6) is 0.0411. The van der Waals surface area contributed by atoms with Gasteiger partial charge >= 0.3 is 5.97 Å². The van der Waals surface area contributed by atoms with Crippen LogP contribution in [0.25, 0.3) is 0 Å². The fourth-order valence-corrected chi connectivity index (χ4v) is 2.07. The second kappa shape index (κ2) is 6.43. The lowest BCUT2D eigenvalue weighted by atomic mass is 10.2. The van der Waals surface area contributed by atoms with E-state index < -0.39 is 5.97 Å². The number of esters is 1. The molecule has 0 amide bonds. The second-order valence-electron chi connectivity index (χ2n) is 4.12. The number of ether oxygens (including phenoxy) is 2. The quantitative estimate of drug-likeness (QED) is 0.687. The highest BCUT2D eigenvalue weighted by atomic mass is 79.9. The summed E-state index contributed by atoms with van der Waals surface area (Å²) in [7, 11) is 1.33. The van der Waals surface area contributed by atoms with Crippen molar-refractivity contribution in [3.8, 4) is 5.75 Å². The van der Waals surface area contributed by atoms with Crippen LogP contribution in [-0.4, -0.2) is 13.1 Å². The lowest BCUT2D eigenvalue weighted by Gasteiger charge is -2.11. The van der Waals surface area contributed by atoms with Crippen molar-refractivity contribution < 1.29 is 14.3 Å². The van der Waals surface area contributed by atoms with E-state index in [-0.39, 0.29) is 0 Å². The van der Waals surface area contributed by atoms with Crippen LogP contribution in [-0.2, 0) is 11.3 Å². The minimum absolute atomic E-state index is 0.357. The van der Waals surface area contributed by atoms with Crippen molar-refractivity contribution in [1.29, 1.82) is 0 Å². The van der Waals surface area contributed by atoms with E-state index in [1.165, 1.54) is 7.11 Å². The normalized spacial score (nSPS) is 10.1. The van der Waals surface area contributed by atoms with Gasteiger partial charge in [0.1, 0.15) is 12.4 Å². The zero-order valence-electron chi connectivity index (χ0n) is 10.9. The van der Waals surface area contributed by atoms with E-state index in [1.807, 2.05) is 24.3 Å². The summed E-state index contributed by atoms with van der Waals surface area (Å²) in [5, 5.41) is 0. The molecule has 0 aliphatic heterocycles. The largest absolute Gasteiger partial charge is 0.487 e. The predicted molar refractivity (Wildman–Crippen MR) is 80.7 cm³/mol. The number of carbonyl (C=O) groups is 1. The van der Waals surface area contributed by atoms with Crippen LogP contribution in [0, 0.1) is 0 Å². The Morgan fingerprint density at radius 3 is 2.70 bits per heavy atom. The second-order valence-corrected chi connectivity index (χ2v) is 4.98. The van der Waals surface area contributed by atoms with Crippen LogP contribution in [0.3, 0.4) is 0 Å². The third kappa shape index (κ3) is 3.30. The van der Waals surface area contributed by atoms with Gasteiger partial charge in [-0.3, -0.25) is 0 Å². The highest BCUT2D eigenvalue weighted by Crippen LogP contribution is 2.25. The molecule has 2 rings (SSSR count). The Balaban J connectivity index is 2.17. The van der Waals surface area contributed by atoms with Crippen molar-refractivity contribution in [2.24, 2.45) is 0 Å².